The van der Waals surface area contributed by atoms with Crippen LogP contribution in [0.2, 0.25) is 0 Å². The van der Waals surface area contributed by atoms with Gasteiger partial charge in [-0.15, -0.1) is 52.7 Å². The molecule has 2 unspecified atom stereocenters. The quantitative estimate of drug-likeness (QED) is 0.0386. The van der Waals surface area contributed by atoms with Crippen molar-refractivity contribution in [3.63, 3.8) is 0 Å². The Hall–Kier alpha value is -14.2. The van der Waals surface area contributed by atoms with Crippen LogP contribution in [0.25, 0.3) is 43.6 Å². The summed E-state index contributed by atoms with van der Waals surface area (Å²) in [6.07, 6.45) is -17.4. The third-order valence-corrected chi connectivity index (χ3v) is 20.1. The van der Waals surface area contributed by atoms with Crippen molar-refractivity contribution < 1.29 is 168 Å². The molecule has 0 saturated heterocycles. The number of rotatable bonds is 16. The third-order valence-electron chi connectivity index (χ3n) is 20.1. The molecular weight excluding hydrogens is 1720 g/mol. The fraction of sp³-hybridized carbons (Fsp3) is 0.264. The molecule has 1 aliphatic carbocycles. The number of ether oxygens (including phenoxy) is 6. The molecule has 0 radical (unpaired) electrons. The number of esters is 2. The van der Waals surface area contributed by atoms with Crippen molar-refractivity contribution in [2.45, 2.75) is 138 Å². The van der Waals surface area contributed by atoms with Crippen LogP contribution in [-0.2, 0) is 24.6 Å². The Bertz CT molecular complexity index is 6330. The molecule has 40 heteroatoms. The molecule has 0 spiro atoms. The van der Waals surface area contributed by atoms with Gasteiger partial charge in [0.25, 0.3) is 23.6 Å². The molecule has 1 aliphatic rings. The fourth-order valence-electron chi connectivity index (χ4n) is 14.6. The second-order valence-electron chi connectivity index (χ2n) is 30.0. The highest BCUT2D eigenvalue weighted by molar-refractivity contribution is 6.10. The zero-order valence-corrected chi connectivity index (χ0v) is 67.9. The Morgan fingerprint density at radius 3 is 0.945 bits per heavy atom. The van der Waals surface area contributed by atoms with E-state index in [1.54, 1.807) is 34.6 Å². The Morgan fingerprint density at radius 1 is 0.386 bits per heavy atom. The summed E-state index contributed by atoms with van der Waals surface area (Å²) in [5.74, 6) is -19.2. The van der Waals surface area contributed by atoms with E-state index in [-0.39, 0.29) is 123 Å². The number of phenols is 4. The van der Waals surface area contributed by atoms with Gasteiger partial charge in [-0.25, -0.2) is 17.6 Å². The molecule has 0 bridgehead atoms. The maximum atomic E-state index is 15.3. The predicted octanol–water partition coefficient (Wildman–Crippen LogP) is 20.5. The number of aromatic nitrogens is 4. The predicted molar refractivity (Wildman–Crippen MR) is 419 cm³/mol. The van der Waals surface area contributed by atoms with Gasteiger partial charge in [0.15, 0.2) is 57.8 Å². The lowest BCUT2D eigenvalue weighted by molar-refractivity contribution is -0.275. The largest absolute Gasteiger partial charge is 0.573 e. The second kappa shape index (κ2) is 36.1. The van der Waals surface area contributed by atoms with Gasteiger partial charge in [-0.1, -0.05) is 41.0 Å². The first-order valence-electron chi connectivity index (χ1n) is 37.5. The maximum absolute atomic E-state index is 15.3. The number of nitrogens with zero attached hydrogens (tertiary/aromatic N) is 4. The van der Waals surface area contributed by atoms with Gasteiger partial charge in [-0.05, 0) is 208 Å². The van der Waals surface area contributed by atoms with Crippen molar-refractivity contribution in [2.24, 2.45) is 11.8 Å². The van der Waals surface area contributed by atoms with Gasteiger partial charge in [0, 0.05) is 63.8 Å². The first-order chi connectivity index (χ1) is 58.9. The number of carboxylic acids is 2. The van der Waals surface area contributed by atoms with Crippen molar-refractivity contribution in [1.82, 2.24) is 18.3 Å². The van der Waals surface area contributed by atoms with Crippen molar-refractivity contribution in [3.8, 4) is 57.5 Å². The van der Waals surface area contributed by atoms with Crippen molar-refractivity contribution in [3.05, 3.63) is 225 Å². The molecule has 2 atom stereocenters. The summed E-state index contributed by atoms with van der Waals surface area (Å²) in [7, 11) is 0. The molecule has 8 aromatic carbocycles. The molecule has 13 rings (SSSR count). The fourth-order valence-corrected chi connectivity index (χ4v) is 14.6. The van der Waals surface area contributed by atoms with Gasteiger partial charge >= 0.3 is 49.3 Å². The zero-order chi connectivity index (χ0) is 94.4. The van der Waals surface area contributed by atoms with Crippen LogP contribution in [0.1, 0.15) is 160 Å². The van der Waals surface area contributed by atoms with E-state index in [2.05, 4.69) is 18.9 Å². The normalized spacial score (nSPS) is 13.0. The maximum Gasteiger partial charge on any atom is 0.573 e. The Balaban J connectivity index is 0.000000177. The van der Waals surface area contributed by atoms with Crippen LogP contribution in [0.5, 0.6) is 57.5 Å². The molecule has 4 heterocycles. The molecule has 1 fully saturated rings. The molecule has 6 N–H and O–H groups in total. The molecule has 1 saturated carbocycles. The van der Waals surface area contributed by atoms with E-state index in [9.17, 15) is 130 Å². The van der Waals surface area contributed by atoms with Gasteiger partial charge in [0.1, 0.15) is 23.0 Å². The highest BCUT2D eigenvalue weighted by atomic mass is 19.4. The summed E-state index contributed by atoms with van der Waals surface area (Å²) < 4.78 is 238. The second-order valence-corrected chi connectivity index (χ2v) is 30.0. The number of carboxylic acid groups (broad SMARTS) is 2. The minimum atomic E-state index is -4.89. The molecule has 4 aromatic heterocycles. The minimum absolute atomic E-state index is 0.00895. The van der Waals surface area contributed by atoms with Crippen LogP contribution in [0.15, 0.2) is 140 Å². The zero-order valence-electron chi connectivity index (χ0n) is 67.9. The Labute approximate surface area is 706 Å². The Morgan fingerprint density at radius 2 is 0.669 bits per heavy atom. The molecule has 24 nitrogen and oxygen atoms in total. The molecule has 0 aliphatic heterocycles. The summed E-state index contributed by atoms with van der Waals surface area (Å²) in [6.45, 7) is 16.4. The monoisotopic (exact) mass is 1800 g/mol. The average Bonchev–Trinajstić information content (AvgIpc) is 1.60. The van der Waals surface area contributed by atoms with E-state index in [1.807, 2.05) is 0 Å². The van der Waals surface area contributed by atoms with Crippen LogP contribution in [0.4, 0.5) is 70.2 Å². The average molecular weight is 1800 g/mol. The standard InChI is InChI=1S/C23H19F4NO5.C23H21F4NO5.C22H19F4NO5.C19H13F4NO5/c1-11-17(18(22(31)32)12-3-2-4-12)19-15(9-10-16(29)20(19)24)28(11)21(30)13-5-7-14(8-6-13)33-23(25,26)27;1-11-20(32-12(2)29)17-16(10-15(22(3,4)5)19(30)18(17)24)28(11)21(31)13-6-8-14(9-7-13)33-23(25,26)27;1-10(2)16(21(30)31)17-11(3)27(14-8-9-15(28)19(23)18(14)17)20(29)12-4-6-13(7-5-12)32-22(24,25)26;1-9-17(28-10(2)25)15-13(7-8-14(26)16(15)20)24(9)18(27)11-3-5-12(6-4-11)29-19(21,22)23/h5-10,12,18,29H,2-4H2,1H3,(H,31,32);6-10,30H,1-5H3;4-10,16,28H,1-3H3,(H,30,31);3-8,26H,1-2H3. The van der Waals surface area contributed by atoms with Gasteiger partial charge in [0.05, 0.1) is 56.1 Å². The molecule has 672 valence electrons. The van der Waals surface area contributed by atoms with Crippen LogP contribution < -0.4 is 28.4 Å². The minimum Gasteiger partial charge on any atom is -0.505 e. The number of phenolic OH excluding ortho intramolecular Hbond substituents is 4. The number of benzene rings is 8. The van der Waals surface area contributed by atoms with E-state index in [0.29, 0.717) is 12.8 Å². The van der Waals surface area contributed by atoms with Crippen molar-refractivity contribution in [1.29, 1.82) is 0 Å². The molecule has 12 aromatic rings. The van der Waals surface area contributed by atoms with Crippen LogP contribution in [0.3, 0.4) is 0 Å². The number of hydrogen-bond donors (Lipinski definition) is 6. The molecule has 127 heavy (non-hydrogen) atoms. The summed E-state index contributed by atoms with van der Waals surface area (Å²) in [5, 5.41) is 58.6. The van der Waals surface area contributed by atoms with E-state index < -0.39 is 165 Å². The number of halogens is 16. The number of fused-ring (bicyclic) bond motifs is 4. The molecule has 0 amide bonds. The summed E-state index contributed by atoms with van der Waals surface area (Å²) in [5.41, 5.74) is 0.172. The lowest BCUT2D eigenvalue weighted by Gasteiger charge is -2.31. The summed E-state index contributed by atoms with van der Waals surface area (Å²) >= 11 is 0. The van der Waals surface area contributed by atoms with E-state index >= 15 is 8.78 Å². The lowest BCUT2D eigenvalue weighted by atomic mass is 9.72. The number of alkyl halides is 12. The number of aromatic hydroxyl groups is 4. The van der Waals surface area contributed by atoms with Gasteiger partial charge in [0.2, 0.25) is 0 Å². The number of carbonyl (C=O) groups is 8. The molecular formula is C87H72F16N4O20. The third kappa shape index (κ3) is 20.4. The SMILES string of the molecule is CC(=O)Oc1c(C)n(C(=O)c2ccc(OC(F)(F)F)cc2)c2cc(C(C)(C)C)c(O)c(F)c12.CC(=O)Oc1c(C)n(C(=O)c2ccc(OC(F)(F)F)cc2)c2ccc(O)c(F)c12.Cc1c(C(C(=O)O)C(C)C)c2c(F)c(O)ccc2n1C(=O)c1ccc(OC(F)(F)F)cc1.Cc1c(C(C(=O)O)C2CCC2)c2c(F)c(O)ccc2n1C(=O)c1ccc(OC(F)(F)F)cc1. The van der Waals surface area contributed by atoms with E-state index in [0.717, 1.165) is 154 Å². The Kier molecular flexibility index (Phi) is 27.0. The summed E-state index contributed by atoms with van der Waals surface area (Å²) in [4.78, 5) is 99.9. The van der Waals surface area contributed by atoms with Gasteiger partial charge in [-0.3, -0.25) is 56.6 Å². The van der Waals surface area contributed by atoms with E-state index in [4.69, 9.17) is 9.47 Å². The number of hydrogen-bond acceptors (Lipinski definition) is 18. The van der Waals surface area contributed by atoms with Gasteiger partial charge in [-0.2, -0.15) is 0 Å². The first-order valence-corrected chi connectivity index (χ1v) is 37.5. The highest BCUT2D eigenvalue weighted by Crippen LogP contribution is 2.49. The van der Waals surface area contributed by atoms with Crippen LogP contribution in [-0.4, -0.2) is 122 Å². The number of aliphatic carboxylic acids is 2. The lowest BCUT2D eigenvalue weighted by Crippen LogP contribution is -2.27. The summed E-state index contributed by atoms with van der Waals surface area (Å²) in [6, 6.07) is 25.1. The van der Waals surface area contributed by atoms with Gasteiger partial charge < -0.3 is 59.1 Å². The first kappa shape index (κ1) is 95.0. The van der Waals surface area contributed by atoms with Crippen LogP contribution in [0, 0.1) is 62.8 Å². The van der Waals surface area contributed by atoms with E-state index in [1.165, 1.54) is 52.0 Å². The van der Waals surface area contributed by atoms with Crippen LogP contribution >= 0.6 is 0 Å². The topological polar surface area (TPSA) is 333 Å². The highest BCUT2D eigenvalue weighted by Gasteiger charge is 2.42. The smallest absolute Gasteiger partial charge is 0.505 e. The van der Waals surface area contributed by atoms with Crippen molar-refractivity contribution >= 4 is 91.1 Å². The number of carbonyl (C=O) groups excluding carboxylic acids is 6. The van der Waals surface area contributed by atoms with Crippen molar-refractivity contribution in [2.75, 3.05) is 0 Å².